The Bertz CT molecular complexity index is 4030. The molecule has 0 spiro atoms. The van der Waals surface area contributed by atoms with Gasteiger partial charge >= 0.3 is 65.7 Å². The van der Waals surface area contributed by atoms with Gasteiger partial charge in [0.05, 0.1) is 115 Å². The molecule has 1 saturated heterocycles. The number of hydroxylamine groups is 2. The molecule has 0 radical (unpaired) electrons. The van der Waals surface area contributed by atoms with Crippen LogP contribution in [-0.2, 0) is 180 Å². The zero-order valence-corrected chi connectivity index (χ0v) is 87.6. The topological polar surface area (TPSA) is 474 Å². The Morgan fingerprint density at radius 2 is 0.478 bits per heavy atom. The number of esters is 10. The molecular weight excluding hydrogens is 1910 g/mol. The van der Waals surface area contributed by atoms with Crippen molar-refractivity contribution in [3.05, 3.63) is 71.8 Å². The fraction of sp³-hybridized carbons (Fsp3) is 0.729. The number of carbonyl (C=O) groups excluding carboxylic acids is 14. The molecule has 3 N–H and O–H groups in total. The summed E-state index contributed by atoms with van der Waals surface area (Å²) >= 11 is 6.94. The van der Waals surface area contributed by atoms with Crippen LogP contribution in [0, 0.1) is 54.1 Å². The van der Waals surface area contributed by atoms with E-state index < -0.39 is 160 Å². The van der Waals surface area contributed by atoms with E-state index in [1.165, 1.54) is 132 Å². The molecule has 0 bridgehead atoms. The minimum Gasteiger partial charge on any atom is -0.463 e. The van der Waals surface area contributed by atoms with Crippen molar-refractivity contribution < 1.29 is 167 Å². The molecule has 38 nitrogen and oxygen atoms in total. The van der Waals surface area contributed by atoms with Crippen LogP contribution in [0.15, 0.2) is 60.7 Å². The number of benzene rings is 2. The maximum absolute atomic E-state index is 14.7. The summed E-state index contributed by atoms with van der Waals surface area (Å²) in [7, 11) is 14.3. The summed E-state index contributed by atoms with van der Waals surface area (Å²) in [6, 6.07) is 19.3. The van der Waals surface area contributed by atoms with Gasteiger partial charge in [0.25, 0.3) is 11.8 Å². The molecule has 2 aromatic rings. The van der Waals surface area contributed by atoms with Gasteiger partial charge in [0.15, 0.2) is 0 Å². The number of amides is 3. The van der Waals surface area contributed by atoms with Crippen molar-refractivity contribution in [2.24, 2.45) is 59.9 Å². The van der Waals surface area contributed by atoms with Gasteiger partial charge < -0.3 is 111 Å². The van der Waals surface area contributed by atoms with Gasteiger partial charge in [-0.2, -0.15) is 0 Å². The monoisotopic (exact) mass is 2070 g/mol. The van der Waals surface area contributed by atoms with Crippen LogP contribution >= 0.6 is 31.9 Å². The third kappa shape index (κ3) is 42.8. The maximum Gasteiger partial charge on any atom is 0.338 e. The molecule has 3 amide bonds. The zero-order chi connectivity index (χ0) is 103. The van der Waals surface area contributed by atoms with Crippen molar-refractivity contribution in [3.63, 3.8) is 0 Å². The highest BCUT2D eigenvalue weighted by Gasteiger charge is 2.61. The molecule has 10 atom stereocenters. The second-order valence-corrected chi connectivity index (χ2v) is 41.0. The van der Waals surface area contributed by atoms with E-state index in [1.807, 2.05) is 60.7 Å². The van der Waals surface area contributed by atoms with Crippen molar-refractivity contribution in [3.8, 4) is 0 Å². The van der Waals surface area contributed by atoms with Crippen molar-refractivity contribution in [1.29, 1.82) is 0 Å². The quantitative estimate of drug-likeness (QED) is 0.0204. The normalized spacial score (nSPS) is 16.6. The highest BCUT2D eigenvalue weighted by Crippen LogP contribution is 2.56. The Balaban J connectivity index is 0.00000125. The summed E-state index contributed by atoms with van der Waals surface area (Å²) in [5, 5.41) is 3.36. The Morgan fingerprint density at radius 1 is 0.279 bits per heavy atom. The van der Waals surface area contributed by atoms with E-state index in [2.05, 4.69) is 37.2 Å². The Hall–Kier alpha value is -8.26. The number of imide groups is 1. The van der Waals surface area contributed by atoms with Crippen LogP contribution < -0.4 is 11.1 Å². The molecule has 0 aromatic heterocycles. The molecule has 1 aliphatic rings. The molecular formula is C96H153Br2N3O35. The van der Waals surface area contributed by atoms with Crippen LogP contribution in [0.1, 0.15) is 185 Å². The highest BCUT2D eigenvalue weighted by molar-refractivity contribution is 9.10. The van der Waals surface area contributed by atoms with Crippen LogP contribution in [0.2, 0.25) is 0 Å². The number of hydrogen-bond acceptors (Lipinski definition) is 36. The molecule has 0 aliphatic carbocycles. The predicted molar refractivity (Wildman–Crippen MR) is 501 cm³/mol. The zero-order valence-electron chi connectivity index (χ0n) is 84.4. The third-order valence-corrected chi connectivity index (χ3v) is 23.7. The first-order chi connectivity index (χ1) is 63.6. The van der Waals surface area contributed by atoms with E-state index >= 15 is 0 Å². The van der Waals surface area contributed by atoms with E-state index in [4.69, 9.17) is 105 Å². The average Bonchev–Trinajstić information content (AvgIpc) is 1.00. The van der Waals surface area contributed by atoms with Crippen molar-refractivity contribution in [1.82, 2.24) is 10.4 Å². The third-order valence-electron chi connectivity index (χ3n) is 22.5. The largest absolute Gasteiger partial charge is 0.463 e. The lowest BCUT2D eigenvalue weighted by molar-refractivity contribution is -0.206. The predicted octanol–water partition coefficient (Wildman–Crippen LogP) is 10.2. The van der Waals surface area contributed by atoms with E-state index in [1.54, 1.807) is 41.5 Å². The molecule has 40 heteroatoms. The number of carbonyl (C=O) groups is 14. The summed E-state index contributed by atoms with van der Waals surface area (Å²) in [5.74, 6) is -10.8. The van der Waals surface area contributed by atoms with Gasteiger partial charge in [-0.05, 0) is 158 Å². The molecule has 3 rings (SSSR count). The second-order valence-electron chi connectivity index (χ2n) is 37.5. The lowest BCUT2D eigenvalue weighted by atomic mass is 9.59. The van der Waals surface area contributed by atoms with E-state index in [0.29, 0.717) is 11.6 Å². The lowest BCUT2D eigenvalue weighted by Gasteiger charge is -2.45. The number of nitrogens with one attached hydrogen (secondary N) is 1. The first-order valence-electron chi connectivity index (χ1n) is 44.8. The Kier molecular flexibility index (Phi) is 56.7. The number of rotatable bonds is 66. The Labute approximate surface area is 818 Å². The second kappa shape index (κ2) is 61.3. The standard InChI is InChI=1S/C46H74BrNO16.C43H70BrNO19.C7H9N/c1-41(2,35(49)48-28-34-16-14-13-15-17-34)29-42(3,36(50)60-23-18-55-8)30-43(4,37(51)61-24-19-56-9)31-44(5,38(52)62-25-20-57-10)32-45(6,39(53)63-26-21-58-11)33-46(7,47)40(54)64-27-22-59-12;1-38(2,32(48)64-45-30(46)13-14-31(45)47)25-39(3,33(49)59-20-15-54-8)26-40(4,34(50)60-21-16-55-9)27-41(5,35(51)61-22-17-56-10)28-42(6,36(52)62-23-18-57-11)29-43(7,44)37(53)63-24-19-58-12;8-6-7-4-2-1-3-5-7/h13-17H,18-33H2,1-12H3,(H,48,49);13-29H2,1-12H3;1-5H,6,8H2. The van der Waals surface area contributed by atoms with E-state index in [9.17, 15) is 67.1 Å². The van der Waals surface area contributed by atoms with Crippen LogP contribution in [0.4, 0.5) is 0 Å². The molecule has 1 aliphatic heterocycles. The Morgan fingerprint density at radius 3 is 0.691 bits per heavy atom. The van der Waals surface area contributed by atoms with Gasteiger partial charge in [0.1, 0.15) is 74.7 Å². The number of hydrogen-bond donors (Lipinski definition) is 2. The van der Waals surface area contributed by atoms with Gasteiger partial charge in [-0.25, -0.2) is 4.79 Å². The number of alkyl halides is 2. The summed E-state index contributed by atoms with van der Waals surface area (Å²) in [6.45, 7) is 21.2. The average molecular weight is 2070 g/mol. The number of nitrogens with two attached hydrogens (primary N) is 1. The lowest BCUT2D eigenvalue weighted by Crippen LogP contribution is -2.50. The molecule has 1 fully saturated rings. The van der Waals surface area contributed by atoms with E-state index in [-0.39, 0.29) is 202 Å². The first kappa shape index (κ1) is 126. The van der Waals surface area contributed by atoms with E-state index in [0.717, 1.165) is 5.56 Å². The number of ether oxygens (including phenoxy) is 20. The van der Waals surface area contributed by atoms with Gasteiger partial charge in [-0.3, -0.25) is 62.3 Å². The van der Waals surface area contributed by atoms with Gasteiger partial charge in [0.2, 0.25) is 5.91 Å². The number of methoxy groups -OCH3 is 10. The SMILES string of the molecule is COCCOC(=O)C(C)(Br)CC(C)(CC(C)(CC(C)(CC(C)(CC(C)(C)C(=O)NCc1ccccc1)C(=O)OCCOC)C(=O)OCCOC)C(=O)OCCOC)C(=O)OCCOC.COCCOC(=O)C(C)(Br)CC(C)(CC(C)(CC(C)(CC(C)(CC(C)(C)C(=O)ON1C(=O)CCC1=O)C(=O)OCCOC)C(=O)OCCOC)C(=O)OCCOC)C(=O)OCCOC.NCc1ccccc1. The van der Waals surface area contributed by atoms with Gasteiger partial charge in [0, 0.05) is 102 Å². The van der Waals surface area contributed by atoms with Crippen LogP contribution in [0.25, 0.3) is 0 Å². The molecule has 0 saturated carbocycles. The summed E-state index contributed by atoms with van der Waals surface area (Å²) in [5.41, 5.74) is -9.30. The molecule has 776 valence electrons. The van der Waals surface area contributed by atoms with Crippen LogP contribution in [0.3, 0.4) is 0 Å². The fourth-order valence-corrected chi connectivity index (χ4v) is 18.4. The summed E-state index contributed by atoms with van der Waals surface area (Å²) in [4.78, 5) is 200. The number of nitrogens with zero attached hydrogens (tertiary/aromatic N) is 1. The molecule has 10 unspecified atom stereocenters. The van der Waals surface area contributed by atoms with Crippen molar-refractivity contribution in [2.45, 2.75) is 196 Å². The van der Waals surface area contributed by atoms with Crippen molar-refractivity contribution >= 4 is 115 Å². The van der Waals surface area contributed by atoms with Gasteiger partial charge in [-0.15, -0.1) is 5.06 Å². The summed E-state index contributed by atoms with van der Waals surface area (Å²) in [6.07, 6.45) is -3.66. The van der Waals surface area contributed by atoms with Crippen LogP contribution in [0.5, 0.6) is 0 Å². The highest BCUT2D eigenvalue weighted by atomic mass is 79.9. The minimum absolute atomic E-state index is 0.000367. The minimum atomic E-state index is -1.85. The molecule has 136 heavy (non-hydrogen) atoms. The smallest absolute Gasteiger partial charge is 0.338 e. The summed E-state index contributed by atoms with van der Waals surface area (Å²) < 4.78 is 105. The first-order valence-corrected chi connectivity index (χ1v) is 46.4. The van der Waals surface area contributed by atoms with Crippen molar-refractivity contribution in [2.75, 3.05) is 203 Å². The number of halogens is 2. The van der Waals surface area contributed by atoms with Crippen LogP contribution in [-0.4, -0.2) is 300 Å². The fourth-order valence-electron chi connectivity index (χ4n) is 16.9. The maximum atomic E-state index is 14.7. The molecule has 1 heterocycles. The van der Waals surface area contributed by atoms with Gasteiger partial charge in [-0.1, -0.05) is 106 Å². The molecule has 2 aromatic carbocycles.